The zero-order valence-corrected chi connectivity index (χ0v) is 19.8. The molecule has 2 heterocycles. The zero-order chi connectivity index (χ0) is 19.0. The van der Waals surface area contributed by atoms with Gasteiger partial charge in [-0.3, -0.25) is 23.5 Å². The van der Waals surface area contributed by atoms with Gasteiger partial charge in [-0.15, -0.1) is 0 Å². The van der Waals surface area contributed by atoms with Crippen LogP contribution < -0.4 is 80.2 Å². The van der Waals surface area contributed by atoms with Crippen molar-refractivity contribution in [1.82, 2.24) is 9.55 Å². The molecule has 4 N–H and O–H groups in total. The van der Waals surface area contributed by atoms with E-state index in [0.29, 0.717) is 0 Å². The van der Waals surface area contributed by atoms with Gasteiger partial charge in [-0.2, -0.15) is 0 Å². The van der Waals surface area contributed by atoms with E-state index in [2.05, 4.69) is 8.83 Å². The summed E-state index contributed by atoms with van der Waals surface area (Å²) >= 11 is 0. The number of aromatic amines is 1. The van der Waals surface area contributed by atoms with E-state index in [-0.39, 0.29) is 59.1 Å². The van der Waals surface area contributed by atoms with Crippen molar-refractivity contribution in [3.63, 3.8) is 0 Å². The number of phosphoric ester groups is 1. The minimum Gasteiger partial charge on any atom is -0.756 e. The first-order valence-corrected chi connectivity index (χ1v) is 9.39. The van der Waals surface area contributed by atoms with Crippen LogP contribution in [0.2, 0.25) is 0 Å². The third-order valence-electron chi connectivity index (χ3n) is 3.06. The fraction of sp³-hybridized carbons (Fsp3) is 0.556. The standard InChI is InChI=1S/C9H14N2O12P2.2Na/c12-5-1-2-11(9(15)10-5)8-7(14)6(13)4(22-8)3-21-25(19,20)23-24(16,17)18;;/h1-2,4,6-8,13-14H,3H2,(H,19,20)(H,10,12,15)(H2,16,17,18);;/q;2*+1/p-2/t4-,6+,7-,8-;;/m1../s1. The second-order valence-corrected chi connectivity index (χ2v) is 7.60. The number of hydrogen-bond acceptors (Lipinski definition) is 11. The number of aromatic nitrogens is 2. The van der Waals surface area contributed by atoms with Gasteiger partial charge < -0.3 is 34.2 Å². The Kier molecular flexibility index (Phi) is 11.1. The van der Waals surface area contributed by atoms with Gasteiger partial charge in [-0.05, 0) is 0 Å². The van der Waals surface area contributed by atoms with Gasteiger partial charge in [0.2, 0.25) is 0 Å². The van der Waals surface area contributed by atoms with Crippen LogP contribution in [0.3, 0.4) is 0 Å². The number of aliphatic hydroxyl groups excluding tert-OH is 2. The topological polar surface area (TPSA) is 223 Å². The van der Waals surface area contributed by atoms with Crippen molar-refractivity contribution in [3.05, 3.63) is 33.1 Å². The fourth-order valence-electron chi connectivity index (χ4n) is 2.04. The molecule has 0 saturated carbocycles. The predicted octanol–water partition coefficient (Wildman–Crippen LogP) is -9.87. The molecular formula is C9H12N2Na2O12P2. The van der Waals surface area contributed by atoms with Gasteiger partial charge in [0.25, 0.3) is 21.2 Å². The molecule has 1 aliphatic rings. The maximum atomic E-state index is 11.7. The number of ether oxygens (including phenoxy) is 1. The minimum absolute atomic E-state index is 0. The molecule has 1 aromatic rings. The van der Waals surface area contributed by atoms with E-state index >= 15 is 0 Å². The van der Waals surface area contributed by atoms with Gasteiger partial charge in [-0.1, -0.05) is 0 Å². The molecule has 1 aromatic heterocycles. The molecule has 1 fully saturated rings. The third-order valence-corrected chi connectivity index (χ3v) is 5.15. The Morgan fingerprint density at radius 3 is 2.33 bits per heavy atom. The molecule has 0 aromatic carbocycles. The molecule has 6 atom stereocenters. The molecule has 0 bridgehead atoms. The summed E-state index contributed by atoms with van der Waals surface area (Å²) < 4.78 is 34.9. The number of aliphatic hydroxyl groups is 2. The molecular weight excluding hydrogens is 436 g/mol. The minimum atomic E-state index is -5.63. The Morgan fingerprint density at radius 1 is 1.22 bits per heavy atom. The normalized spacial score (nSPS) is 29.1. The molecule has 18 heteroatoms. The van der Waals surface area contributed by atoms with Crippen LogP contribution in [-0.4, -0.2) is 49.6 Å². The van der Waals surface area contributed by atoms with Gasteiger partial charge in [-0.25, -0.2) is 9.11 Å². The molecule has 0 aliphatic carbocycles. The summed E-state index contributed by atoms with van der Waals surface area (Å²) in [6, 6.07) is 0.945. The quantitative estimate of drug-likeness (QED) is 0.235. The van der Waals surface area contributed by atoms with Crippen LogP contribution in [0, 0.1) is 0 Å². The number of nitrogens with one attached hydrogen (secondary N) is 1. The van der Waals surface area contributed by atoms with Crippen LogP contribution in [0.1, 0.15) is 6.23 Å². The molecule has 1 aliphatic heterocycles. The van der Waals surface area contributed by atoms with Crippen molar-refractivity contribution in [1.29, 1.82) is 0 Å². The molecule has 14 nitrogen and oxygen atoms in total. The first-order chi connectivity index (χ1) is 11.4. The van der Waals surface area contributed by atoms with Crippen LogP contribution in [0.15, 0.2) is 21.9 Å². The van der Waals surface area contributed by atoms with Crippen LogP contribution in [0.25, 0.3) is 0 Å². The summed E-state index contributed by atoms with van der Waals surface area (Å²) in [5.74, 6) is 0. The van der Waals surface area contributed by atoms with Gasteiger partial charge in [0.15, 0.2) is 6.23 Å². The number of rotatable bonds is 6. The molecule has 142 valence electrons. The Balaban J connectivity index is 0.00000338. The maximum absolute atomic E-state index is 11.7. The summed E-state index contributed by atoms with van der Waals surface area (Å²) in [5.41, 5.74) is -1.68. The first kappa shape index (κ1) is 27.8. The van der Waals surface area contributed by atoms with E-state index in [1.165, 1.54) is 0 Å². The second kappa shape index (κ2) is 10.7. The molecule has 0 amide bonds. The third kappa shape index (κ3) is 7.87. The zero-order valence-electron chi connectivity index (χ0n) is 14.0. The largest absolute Gasteiger partial charge is 1.00 e. The number of hydrogen-bond donors (Lipinski definition) is 4. The molecule has 1 saturated heterocycles. The molecule has 0 radical (unpaired) electrons. The Hall–Kier alpha value is 0.820. The average Bonchev–Trinajstić information content (AvgIpc) is 2.71. The summed E-state index contributed by atoms with van der Waals surface area (Å²) in [4.78, 5) is 54.4. The van der Waals surface area contributed by atoms with Gasteiger partial charge in [0, 0.05) is 12.3 Å². The van der Waals surface area contributed by atoms with Crippen molar-refractivity contribution in [2.75, 3.05) is 6.61 Å². The molecule has 27 heavy (non-hydrogen) atoms. The van der Waals surface area contributed by atoms with E-state index in [0.717, 1.165) is 16.8 Å². The van der Waals surface area contributed by atoms with Gasteiger partial charge in [0.1, 0.15) is 18.3 Å². The Labute approximate surface area is 194 Å². The summed E-state index contributed by atoms with van der Waals surface area (Å²) in [6.07, 6.45) is -5.44. The van der Waals surface area contributed by atoms with Crippen molar-refractivity contribution in [2.45, 2.75) is 24.5 Å². The van der Waals surface area contributed by atoms with Crippen molar-refractivity contribution in [2.24, 2.45) is 0 Å². The number of nitrogens with zero attached hydrogens (tertiary/aromatic N) is 1. The van der Waals surface area contributed by atoms with Crippen molar-refractivity contribution in [3.8, 4) is 0 Å². The maximum Gasteiger partial charge on any atom is 1.00 e. The molecule has 2 rings (SSSR count). The molecule has 2 unspecified atom stereocenters. The van der Waals surface area contributed by atoms with Gasteiger partial charge in [0.05, 0.1) is 6.61 Å². The van der Waals surface area contributed by atoms with Crippen molar-refractivity contribution < 1.29 is 107 Å². The Morgan fingerprint density at radius 2 is 1.81 bits per heavy atom. The van der Waals surface area contributed by atoms with Crippen LogP contribution in [0.4, 0.5) is 0 Å². The summed E-state index contributed by atoms with van der Waals surface area (Å²) in [6.45, 7) is -0.992. The van der Waals surface area contributed by atoms with Crippen LogP contribution >= 0.6 is 15.6 Å². The smallest absolute Gasteiger partial charge is 0.756 e. The van der Waals surface area contributed by atoms with E-state index in [1.807, 2.05) is 4.98 Å². The van der Waals surface area contributed by atoms with E-state index in [9.17, 15) is 38.7 Å². The van der Waals surface area contributed by atoms with Crippen molar-refractivity contribution >= 4 is 15.6 Å². The van der Waals surface area contributed by atoms with Crippen LogP contribution in [0.5, 0.6) is 0 Å². The number of phosphoric acid groups is 2. The summed E-state index contributed by atoms with van der Waals surface area (Å²) in [5, 5.41) is 19.7. The fourth-order valence-corrected chi connectivity index (χ4v) is 3.57. The monoisotopic (exact) mass is 448 g/mol. The molecule has 0 spiro atoms. The average molecular weight is 448 g/mol. The summed E-state index contributed by atoms with van der Waals surface area (Å²) in [7, 11) is -11.1. The van der Waals surface area contributed by atoms with E-state index in [4.69, 9.17) is 9.63 Å². The van der Waals surface area contributed by atoms with E-state index in [1.54, 1.807) is 0 Å². The Bertz CT molecular complexity index is 839. The predicted molar refractivity (Wildman–Crippen MR) is 71.7 cm³/mol. The first-order valence-electron chi connectivity index (χ1n) is 6.43. The van der Waals surface area contributed by atoms with Crippen LogP contribution in [-0.2, 0) is 22.7 Å². The number of H-pyrrole nitrogens is 1. The second-order valence-electron chi connectivity index (χ2n) is 4.86. The van der Waals surface area contributed by atoms with E-state index < -0.39 is 58.0 Å². The SMILES string of the molecule is O=c1ccn([C@@H]2O[C@H](COP(=O)([O-])OP(=O)([O-])O)[C@H](O)[C@H]2O)c(=O)[nH]1.[Na+].[Na+]. The van der Waals surface area contributed by atoms with Gasteiger partial charge >= 0.3 is 64.8 Å².